The number of para-hydroxylation sites is 2. The Balaban J connectivity index is 1.58. The number of aromatic nitrogens is 2. The molecule has 0 saturated carbocycles. The van der Waals surface area contributed by atoms with E-state index in [0.29, 0.717) is 24.7 Å². The third-order valence-electron chi connectivity index (χ3n) is 5.76. The molecule has 0 spiro atoms. The SMILES string of the molecule is C/C=C/c1ccc(OCCn2c([C@H]3CCCN3C(C)=O)nc3ccccc32)c(OC)c1. The highest BCUT2D eigenvalue weighted by Gasteiger charge is 2.32. The van der Waals surface area contributed by atoms with E-state index in [1.807, 2.05) is 60.4 Å². The first kappa shape index (κ1) is 21.0. The van der Waals surface area contributed by atoms with Crippen molar-refractivity contribution in [1.29, 1.82) is 0 Å². The number of hydrogen-bond acceptors (Lipinski definition) is 4. The van der Waals surface area contributed by atoms with Gasteiger partial charge in [-0.15, -0.1) is 0 Å². The summed E-state index contributed by atoms with van der Waals surface area (Å²) < 4.78 is 13.8. The smallest absolute Gasteiger partial charge is 0.220 e. The second-order valence-corrected chi connectivity index (χ2v) is 7.74. The van der Waals surface area contributed by atoms with Gasteiger partial charge in [0.15, 0.2) is 11.5 Å². The van der Waals surface area contributed by atoms with Crippen molar-refractivity contribution in [3.8, 4) is 11.5 Å². The number of carbonyl (C=O) groups is 1. The van der Waals surface area contributed by atoms with Gasteiger partial charge in [-0.2, -0.15) is 0 Å². The van der Waals surface area contributed by atoms with Gasteiger partial charge in [-0.3, -0.25) is 4.79 Å². The van der Waals surface area contributed by atoms with Crippen molar-refractivity contribution in [3.05, 3.63) is 59.9 Å². The Morgan fingerprint density at radius 3 is 2.84 bits per heavy atom. The molecule has 1 saturated heterocycles. The Hall–Kier alpha value is -3.28. The summed E-state index contributed by atoms with van der Waals surface area (Å²) in [6.07, 6.45) is 5.95. The summed E-state index contributed by atoms with van der Waals surface area (Å²) in [4.78, 5) is 19.0. The van der Waals surface area contributed by atoms with E-state index in [9.17, 15) is 4.79 Å². The van der Waals surface area contributed by atoms with Gasteiger partial charge < -0.3 is 18.9 Å². The molecule has 0 radical (unpaired) electrons. The van der Waals surface area contributed by atoms with Crippen LogP contribution in [0.4, 0.5) is 0 Å². The van der Waals surface area contributed by atoms with Crippen LogP contribution in [0.5, 0.6) is 11.5 Å². The fourth-order valence-corrected chi connectivity index (χ4v) is 4.34. The van der Waals surface area contributed by atoms with Crippen LogP contribution in [0.15, 0.2) is 48.5 Å². The molecule has 0 bridgehead atoms. The van der Waals surface area contributed by atoms with E-state index in [2.05, 4.69) is 10.6 Å². The molecule has 2 aromatic carbocycles. The highest BCUT2D eigenvalue weighted by atomic mass is 16.5. The maximum absolute atomic E-state index is 12.1. The van der Waals surface area contributed by atoms with E-state index in [4.69, 9.17) is 14.5 Å². The van der Waals surface area contributed by atoms with Gasteiger partial charge in [0.2, 0.25) is 5.91 Å². The Bertz CT molecular complexity index is 1100. The van der Waals surface area contributed by atoms with Gasteiger partial charge in [0.05, 0.1) is 30.7 Å². The van der Waals surface area contributed by atoms with Gasteiger partial charge in [-0.1, -0.05) is 30.4 Å². The van der Waals surface area contributed by atoms with E-state index in [1.54, 1.807) is 14.0 Å². The van der Waals surface area contributed by atoms with Crippen LogP contribution >= 0.6 is 0 Å². The van der Waals surface area contributed by atoms with Crippen LogP contribution in [0.25, 0.3) is 17.1 Å². The van der Waals surface area contributed by atoms with E-state index in [1.165, 1.54) is 0 Å². The van der Waals surface area contributed by atoms with E-state index in [-0.39, 0.29) is 11.9 Å². The highest BCUT2D eigenvalue weighted by Crippen LogP contribution is 2.34. The molecule has 1 atom stereocenters. The van der Waals surface area contributed by atoms with Crippen molar-refractivity contribution < 1.29 is 14.3 Å². The van der Waals surface area contributed by atoms with Gasteiger partial charge in [0.25, 0.3) is 0 Å². The maximum atomic E-state index is 12.1. The summed E-state index contributed by atoms with van der Waals surface area (Å²) >= 11 is 0. The van der Waals surface area contributed by atoms with Gasteiger partial charge >= 0.3 is 0 Å². The van der Waals surface area contributed by atoms with Gasteiger partial charge in [-0.25, -0.2) is 4.98 Å². The minimum Gasteiger partial charge on any atom is -0.493 e. The lowest BCUT2D eigenvalue weighted by Gasteiger charge is -2.24. The topological polar surface area (TPSA) is 56.6 Å². The first-order chi connectivity index (χ1) is 15.1. The maximum Gasteiger partial charge on any atom is 0.220 e. The second-order valence-electron chi connectivity index (χ2n) is 7.74. The van der Waals surface area contributed by atoms with Crippen LogP contribution in [-0.2, 0) is 11.3 Å². The molecular formula is C25H29N3O3. The number of imidazole rings is 1. The number of allylic oxidation sites excluding steroid dienone is 1. The number of hydrogen-bond donors (Lipinski definition) is 0. The fourth-order valence-electron chi connectivity index (χ4n) is 4.34. The Labute approximate surface area is 183 Å². The third kappa shape index (κ3) is 4.29. The molecule has 0 aliphatic carbocycles. The Morgan fingerprint density at radius 1 is 1.23 bits per heavy atom. The first-order valence-electron chi connectivity index (χ1n) is 10.8. The van der Waals surface area contributed by atoms with E-state index >= 15 is 0 Å². The van der Waals surface area contributed by atoms with Crippen LogP contribution in [0.2, 0.25) is 0 Å². The average molecular weight is 420 g/mol. The predicted molar refractivity (Wildman–Crippen MR) is 122 cm³/mol. The van der Waals surface area contributed by atoms with Gasteiger partial charge in [0.1, 0.15) is 12.4 Å². The van der Waals surface area contributed by atoms with Crippen molar-refractivity contribution >= 4 is 23.0 Å². The molecule has 0 unspecified atom stereocenters. The largest absolute Gasteiger partial charge is 0.493 e. The molecule has 1 aliphatic heterocycles. The van der Waals surface area contributed by atoms with Crippen LogP contribution in [0.1, 0.15) is 44.1 Å². The standard InChI is InChI=1S/C25H29N3O3/c1-4-8-19-12-13-23(24(17-19)30-3)31-16-15-28-21-10-6-5-9-20(21)26-25(28)22-11-7-14-27(22)18(2)29/h4-6,8-10,12-13,17,22H,7,11,14-16H2,1-3H3/b8-4+/t22-/m1/s1. The lowest BCUT2D eigenvalue weighted by atomic mass is 10.2. The number of methoxy groups -OCH3 is 1. The summed E-state index contributed by atoms with van der Waals surface area (Å²) in [5.74, 6) is 2.47. The fraction of sp³-hybridized carbons (Fsp3) is 0.360. The quantitative estimate of drug-likeness (QED) is 0.550. The molecular weight excluding hydrogens is 390 g/mol. The van der Waals surface area contributed by atoms with E-state index < -0.39 is 0 Å². The van der Waals surface area contributed by atoms with Crippen LogP contribution in [0.3, 0.4) is 0 Å². The Morgan fingerprint density at radius 2 is 2.06 bits per heavy atom. The van der Waals surface area contributed by atoms with Gasteiger partial charge in [0, 0.05) is 13.5 Å². The summed E-state index contributed by atoms with van der Waals surface area (Å²) in [6, 6.07) is 14.0. The third-order valence-corrected chi connectivity index (χ3v) is 5.76. The molecule has 1 aliphatic rings. The van der Waals surface area contributed by atoms with Crippen LogP contribution in [0, 0.1) is 0 Å². The van der Waals surface area contributed by atoms with Crippen molar-refractivity contribution in [3.63, 3.8) is 0 Å². The Kier molecular flexibility index (Phi) is 6.26. The van der Waals surface area contributed by atoms with Crippen molar-refractivity contribution in [1.82, 2.24) is 14.5 Å². The number of likely N-dealkylation sites (tertiary alicyclic amines) is 1. The lowest BCUT2D eigenvalue weighted by molar-refractivity contribution is -0.129. The molecule has 4 rings (SSSR count). The minimum atomic E-state index is 0.0135. The number of amides is 1. The summed E-state index contributed by atoms with van der Waals surface area (Å²) in [6.45, 7) is 5.52. The minimum absolute atomic E-state index is 0.0135. The van der Waals surface area contributed by atoms with Crippen molar-refractivity contribution in [2.45, 2.75) is 39.3 Å². The average Bonchev–Trinajstić information content (AvgIpc) is 3.40. The summed E-state index contributed by atoms with van der Waals surface area (Å²) in [5, 5.41) is 0. The van der Waals surface area contributed by atoms with Crippen molar-refractivity contribution in [2.75, 3.05) is 20.3 Å². The monoisotopic (exact) mass is 419 g/mol. The lowest BCUT2D eigenvalue weighted by Crippen LogP contribution is -2.30. The molecule has 3 aromatic rings. The van der Waals surface area contributed by atoms with Crippen molar-refractivity contribution in [2.24, 2.45) is 0 Å². The number of ether oxygens (including phenoxy) is 2. The first-order valence-corrected chi connectivity index (χ1v) is 10.8. The zero-order chi connectivity index (χ0) is 21.8. The molecule has 6 heteroatoms. The molecule has 162 valence electrons. The number of fused-ring (bicyclic) bond motifs is 1. The molecule has 1 aromatic heterocycles. The zero-order valence-electron chi connectivity index (χ0n) is 18.4. The molecule has 2 heterocycles. The predicted octanol–water partition coefficient (Wildman–Crippen LogP) is 4.84. The summed E-state index contributed by atoms with van der Waals surface area (Å²) in [7, 11) is 1.65. The van der Waals surface area contributed by atoms with Crippen LogP contribution in [-0.4, -0.2) is 40.6 Å². The molecule has 31 heavy (non-hydrogen) atoms. The van der Waals surface area contributed by atoms with Gasteiger partial charge in [-0.05, 0) is 49.6 Å². The molecule has 1 amide bonds. The zero-order valence-corrected chi connectivity index (χ0v) is 18.4. The second kappa shape index (κ2) is 9.25. The normalized spacial score (nSPS) is 16.4. The summed E-state index contributed by atoms with van der Waals surface area (Å²) in [5.41, 5.74) is 3.08. The van der Waals surface area contributed by atoms with E-state index in [0.717, 1.165) is 41.8 Å². The number of rotatable bonds is 7. The van der Waals surface area contributed by atoms with Crippen LogP contribution < -0.4 is 9.47 Å². The molecule has 6 nitrogen and oxygen atoms in total. The highest BCUT2D eigenvalue weighted by molar-refractivity contribution is 5.77. The number of nitrogens with zero attached hydrogens (tertiary/aromatic N) is 3. The number of carbonyl (C=O) groups excluding carboxylic acids is 1. The molecule has 1 fully saturated rings. The number of benzene rings is 2. The molecule has 0 N–H and O–H groups in total.